The Hall–Kier alpha value is -1.71. The lowest BCUT2D eigenvalue weighted by Gasteiger charge is -2.07. The highest BCUT2D eigenvalue weighted by Gasteiger charge is 2.01. The molecule has 0 aliphatic carbocycles. The van der Waals surface area contributed by atoms with Gasteiger partial charge in [0.2, 0.25) is 0 Å². The van der Waals surface area contributed by atoms with E-state index in [0.29, 0.717) is 11.5 Å². The van der Waals surface area contributed by atoms with E-state index < -0.39 is 5.76 Å². The quantitative estimate of drug-likeness (QED) is 0.832. The number of H-pyrrole nitrogens is 1. The molecule has 0 aliphatic rings. The van der Waals surface area contributed by atoms with Crippen LogP contribution in [0.5, 0.6) is 0 Å². The van der Waals surface area contributed by atoms with Crippen LogP contribution < -0.4 is 11.1 Å². The fourth-order valence-electron chi connectivity index (χ4n) is 1.57. The number of aromatic nitrogens is 1. The van der Waals surface area contributed by atoms with Crippen molar-refractivity contribution < 1.29 is 4.42 Å². The largest absolute Gasteiger partial charge is 0.417 e. The average molecular weight is 220 g/mol. The molecule has 2 N–H and O–H groups in total. The van der Waals surface area contributed by atoms with Gasteiger partial charge in [0.25, 0.3) is 0 Å². The first-order valence-corrected chi connectivity index (χ1v) is 5.52. The van der Waals surface area contributed by atoms with E-state index in [1.807, 2.05) is 12.1 Å². The number of benzene rings is 1. The van der Waals surface area contributed by atoms with Crippen molar-refractivity contribution in [3.8, 4) is 0 Å². The van der Waals surface area contributed by atoms with E-state index in [1.54, 1.807) is 6.07 Å². The zero-order valence-electron chi connectivity index (χ0n) is 9.54. The number of aromatic amines is 1. The molecular weight excluding hydrogens is 204 g/mol. The number of rotatable bonds is 4. The summed E-state index contributed by atoms with van der Waals surface area (Å²) in [7, 11) is 0. The van der Waals surface area contributed by atoms with E-state index in [2.05, 4.69) is 24.1 Å². The molecule has 0 bridgehead atoms. The molecule has 0 spiro atoms. The van der Waals surface area contributed by atoms with Crippen molar-refractivity contribution >= 4 is 16.8 Å². The fourth-order valence-corrected chi connectivity index (χ4v) is 1.57. The van der Waals surface area contributed by atoms with Crippen LogP contribution >= 0.6 is 0 Å². The molecule has 16 heavy (non-hydrogen) atoms. The molecule has 4 nitrogen and oxygen atoms in total. The maximum atomic E-state index is 11.0. The number of anilines is 1. The zero-order chi connectivity index (χ0) is 11.5. The van der Waals surface area contributed by atoms with Crippen molar-refractivity contribution in [2.45, 2.75) is 20.3 Å². The molecule has 0 unspecified atom stereocenters. The molecule has 0 atom stereocenters. The molecule has 1 aromatic carbocycles. The number of hydrogen-bond acceptors (Lipinski definition) is 3. The van der Waals surface area contributed by atoms with Crippen molar-refractivity contribution in [1.29, 1.82) is 0 Å². The minimum absolute atomic E-state index is 0.408. The second kappa shape index (κ2) is 4.43. The number of hydrogen-bond donors (Lipinski definition) is 2. The Labute approximate surface area is 93.7 Å². The molecule has 1 aromatic heterocycles. The topological polar surface area (TPSA) is 58.0 Å². The van der Waals surface area contributed by atoms with Crippen LogP contribution in [0.15, 0.2) is 27.4 Å². The van der Waals surface area contributed by atoms with Gasteiger partial charge in [-0.3, -0.25) is 4.98 Å². The maximum absolute atomic E-state index is 11.0. The van der Waals surface area contributed by atoms with Gasteiger partial charge >= 0.3 is 5.76 Å². The van der Waals surface area contributed by atoms with E-state index in [1.165, 1.54) is 0 Å². The first kappa shape index (κ1) is 10.8. The van der Waals surface area contributed by atoms with Gasteiger partial charge in [-0.15, -0.1) is 0 Å². The second-order valence-corrected chi connectivity index (χ2v) is 4.33. The summed E-state index contributed by atoms with van der Waals surface area (Å²) in [5.41, 5.74) is 2.34. The Kier molecular flexibility index (Phi) is 2.99. The molecule has 0 radical (unpaired) electrons. The van der Waals surface area contributed by atoms with E-state index >= 15 is 0 Å². The zero-order valence-corrected chi connectivity index (χ0v) is 9.54. The molecule has 0 amide bonds. The van der Waals surface area contributed by atoms with Crippen molar-refractivity contribution in [2.24, 2.45) is 5.92 Å². The van der Waals surface area contributed by atoms with Crippen LogP contribution in [-0.4, -0.2) is 11.5 Å². The van der Waals surface area contributed by atoms with Gasteiger partial charge in [0, 0.05) is 12.2 Å². The van der Waals surface area contributed by atoms with Crippen LogP contribution in [0.3, 0.4) is 0 Å². The molecule has 0 aliphatic heterocycles. The monoisotopic (exact) mass is 220 g/mol. The van der Waals surface area contributed by atoms with Crippen molar-refractivity contribution in [3.05, 3.63) is 28.7 Å². The predicted octanol–water partition coefficient (Wildman–Crippen LogP) is 2.58. The van der Waals surface area contributed by atoms with E-state index in [0.717, 1.165) is 24.2 Å². The van der Waals surface area contributed by atoms with E-state index in [-0.39, 0.29) is 0 Å². The standard InChI is InChI=1S/C12H16N2O2/c1-8(2)5-6-13-9-3-4-11-10(7-9)14-12(15)16-11/h3-4,7-8,13H,5-6H2,1-2H3,(H,14,15). The Balaban J connectivity index is 2.10. The highest BCUT2D eigenvalue weighted by molar-refractivity contribution is 5.76. The van der Waals surface area contributed by atoms with Crippen molar-refractivity contribution in [3.63, 3.8) is 0 Å². The first-order chi connectivity index (χ1) is 7.65. The minimum atomic E-state index is -0.408. The Morgan fingerprint density at radius 1 is 1.44 bits per heavy atom. The molecule has 0 saturated heterocycles. The molecule has 1 heterocycles. The van der Waals surface area contributed by atoms with Gasteiger partial charge in [-0.2, -0.15) is 0 Å². The summed E-state index contributed by atoms with van der Waals surface area (Å²) in [6.45, 7) is 5.32. The summed E-state index contributed by atoms with van der Waals surface area (Å²) >= 11 is 0. The third kappa shape index (κ3) is 2.45. The van der Waals surface area contributed by atoms with Crippen LogP contribution in [0.25, 0.3) is 11.1 Å². The summed E-state index contributed by atoms with van der Waals surface area (Å²) in [4.78, 5) is 13.6. The maximum Gasteiger partial charge on any atom is 0.417 e. The fraction of sp³-hybridized carbons (Fsp3) is 0.417. The van der Waals surface area contributed by atoms with Crippen LogP contribution in [0.2, 0.25) is 0 Å². The highest BCUT2D eigenvalue weighted by Crippen LogP contribution is 2.16. The van der Waals surface area contributed by atoms with Crippen molar-refractivity contribution in [1.82, 2.24) is 4.98 Å². The second-order valence-electron chi connectivity index (χ2n) is 4.33. The smallest absolute Gasteiger partial charge is 0.408 e. The average Bonchev–Trinajstić information content (AvgIpc) is 2.56. The van der Waals surface area contributed by atoms with Crippen LogP contribution in [-0.2, 0) is 0 Å². The Morgan fingerprint density at radius 3 is 3.00 bits per heavy atom. The van der Waals surface area contributed by atoms with Gasteiger partial charge in [-0.1, -0.05) is 13.8 Å². The van der Waals surface area contributed by atoms with Gasteiger partial charge < -0.3 is 9.73 Å². The number of oxazole rings is 1. The summed E-state index contributed by atoms with van der Waals surface area (Å²) in [6, 6.07) is 5.60. The van der Waals surface area contributed by atoms with E-state index in [4.69, 9.17) is 4.42 Å². The lowest BCUT2D eigenvalue weighted by Crippen LogP contribution is -2.04. The van der Waals surface area contributed by atoms with Crippen LogP contribution in [0.1, 0.15) is 20.3 Å². The summed E-state index contributed by atoms with van der Waals surface area (Å²) in [5, 5.41) is 3.31. The summed E-state index contributed by atoms with van der Waals surface area (Å²) < 4.78 is 4.93. The molecular formula is C12H16N2O2. The minimum Gasteiger partial charge on any atom is -0.408 e. The van der Waals surface area contributed by atoms with Crippen LogP contribution in [0, 0.1) is 5.92 Å². The van der Waals surface area contributed by atoms with Gasteiger partial charge in [-0.25, -0.2) is 4.79 Å². The highest BCUT2D eigenvalue weighted by atomic mass is 16.4. The lowest BCUT2D eigenvalue weighted by atomic mass is 10.1. The predicted molar refractivity (Wildman–Crippen MR) is 64.8 cm³/mol. The van der Waals surface area contributed by atoms with Gasteiger partial charge in [0.1, 0.15) is 0 Å². The number of nitrogens with one attached hydrogen (secondary N) is 2. The molecule has 86 valence electrons. The molecule has 4 heteroatoms. The molecule has 0 fully saturated rings. The normalized spacial score (nSPS) is 11.2. The van der Waals surface area contributed by atoms with E-state index in [9.17, 15) is 4.79 Å². The number of fused-ring (bicyclic) bond motifs is 1. The third-order valence-electron chi connectivity index (χ3n) is 2.47. The lowest BCUT2D eigenvalue weighted by molar-refractivity contribution is 0.555. The molecule has 0 saturated carbocycles. The Morgan fingerprint density at radius 2 is 2.25 bits per heavy atom. The molecule has 2 aromatic rings. The SMILES string of the molecule is CC(C)CCNc1ccc2oc(=O)[nH]c2c1. The van der Waals surface area contributed by atoms with Crippen LogP contribution in [0.4, 0.5) is 5.69 Å². The first-order valence-electron chi connectivity index (χ1n) is 5.52. The Bertz CT molecular complexity index is 525. The van der Waals surface area contributed by atoms with Gasteiger partial charge in [0.05, 0.1) is 5.52 Å². The summed E-state index contributed by atoms with van der Waals surface area (Å²) in [6.07, 6.45) is 1.12. The van der Waals surface area contributed by atoms with Crippen molar-refractivity contribution in [2.75, 3.05) is 11.9 Å². The summed E-state index contributed by atoms with van der Waals surface area (Å²) in [5.74, 6) is 0.277. The third-order valence-corrected chi connectivity index (χ3v) is 2.47. The molecule has 2 rings (SSSR count). The van der Waals surface area contributed by atoms with Gasteiger partial charge in [-0.05, 0) is 30.5 Å². The van der Waals surface area contributed by atoms with Gasteiger partial charge in [0.15, 0.2) is 5.58 Å².